The molecule has 0 rings (SSSR count). The van der Waals surface area contributed by atoms with Gasteiger partial charge in [0.1, 0.15) is 0 Å². The second kappa shape index (κ2) is 6.41. The SMILES string of the molecule is CCCCC(O)C(C)CC(C)(O)CC. The van der Waals surface area contributed by atoms with Gasteiger partial charge in [0.2, 0.25) is 0 Å². The number of rotatable bonds is 7. The number of unbranched alkanes of at least 4 members (excludes halogenated alkanes) is 1. The van der Waals surface area contributed by atoms with Crippen LogP contribution in [0.15, 0.2) is 0 Å². The highest BCUT2D eigenvalue weighted by molar-refractivity contribution is 4.77. The highest BCUT2D eigenvalue weighted by Gasteiger charge is 2.24. The maximum atomic E-state index is 9.86. The summed E-state index contributed by atoms with van der Waals surface area (Å²) in [7, 11) is 0. The average Bonchev–Trinajstić information content (AvgIpc) is 2.13. The van der Waals surface area contributed by atoms with Crippen LogP contribution in [0.3, 0.4) is 0 Å². The highest BCUT2D eigenvalue weighted by atomic mass is 16.3. The highest BCUT2D eigenvalue weighted by Crippen LogP contribution is 2.24. The molecule has 0 aliphatic rings. The van der Waals surface area contributed by atoms with Crippen LogP contribution >= 0.6 is 0 Å². The molecule has 3 atom stereocenters. The molecular formula is C12H26O2. The van der Waals surface area contributed by atoms with Crippen LogP contribution in [0.1, 0.15) is 59.8 Å². The predicted octanol–water partition coefficient (Wildman–Crippen LogP) is 2.72. The second-order valence-corrected chi connectivity index (χ2v) is 4.74. The van der Waals surface area contributed by atoms with Gasteiger partial charge in [-0.1, -0.05) is 33.6 Å². The van der Waals surface area contributed by atoms with Crippen molar-refractivity contribution in [3.05, 3.63) is 0 Å². The van der Waals surface area contributed by atoms with Crippen molar-refractivity contribution >= 4 is 0 Å². The molecule has 2 N–H and O–H groups in total. The zero-order chi connectivity index (χ0) is 11.2. The Balaban J connectivity index is 3.87. The molecule has 0 aromatic rings. The lowest BCUT2D eigenvalue weighted by Gasteiger charge is -2.28. The van der Waals surface area contributed by atoms with E-state index in [1.54, 1.807) is 0 Å². The van der Waals surface area contributed by atoms with Gasteiger partial charge in [0.25, 0.3) is 0 Å². The molecule has 0 aromatic carbocycles. The summed E-state index contributed by atoms with van der Waals surface area (Å²) >= 11 is 0. The smallest absolute Gasteiger partial charge is 0.0620 e. The van der Waals surface area contributed by atoms with Gasteiger partial charge < -0.3 is 10.2 Å². The maximum Gasteiger partial charge on any atom is 0.0620 e. The van der Waals surface area contributed by atoms with Gasteiger partial charge in [-0.25, -0.2) is 0 Å². The van der Waals surface area contributed by atoms with E-state index < -0.39 is 5.60 Å². The van der Waals surface area contributed by atoms with E-state index in [0.717, 1.165) is 25.7 Å². The van der Waals surface area contributed by atoms with Crippen molar-refractivity contribution in [1.82, 2.24) is 0 Å². The third kappa shape index (κ3) is 5.61. The Hall–Kier alpha value is -0.0800. The molecule has 0 amide bonds. The summed E-state index contributed by atoms with van der Waals surface area (Å²) in [4.78, 5) is 0. The van der Waals surface area contributed by atoms with Crippen LogP contribution in [-0.4, -0.2) is 21.9 Å². The number of hydrogen-bond donors (Lipinski definition) is 2. The lowest BCUT2D eigenvalue weighted by Crippen LogP contribution is -2.30. The summed E-state index contributed by atoms with van der Waals surface area (Å²) in [6.45, 7) is 7.96. The molecule has 3 unspecified atom stereocenters. The molecule has 0 bridgehead atoms. The lowest BCUT2D eigenvalue weighted by atomic mass is 9.86. The summed E-state index contributed by atoms with van der Waals surface area (Å²) in [5.74, 6) is 0.191. The van der Waals surface area contributed by atoms with Gasteiger partial charge in [-0.05, 0) is 32.1 Å². The number of hydrogen-bond acceptors (Lipinski definition) is 2. The molecule has 0 saturated heterocycles. The fourth-order valence-electron chi connectivity index (χ4n) is 1.67. The molecular weight excluding hydrogens is 176 g/mol. The average molecular weight is 202 g/mol. The molecule has 86 valence electrons. The number of aliphatic hydroxyl groups excluding tert-OH is 1. The van der Waals surface area contributed by atoms with E-state index in [1.807, 2.05) is 20.8 Å². The van der Waals surface area contributed by atoms with Gasteiger partial charge in [0.15, 0.2) is 0 Å². The van der Waals surface area contributed by atoms with Gasteiger partial charge in [-0.15, -0.1) is 0 Å². The zero-order valence-corrected chi connectivity index (χ0v) is 10.1. The van der Waals surface area contributed by atoms with E-state index >= 15 is 0 Å². The Bertz CT molecular complexity index is 143. The Morgan fingerprint density at radius 1 is 1.29 bits per heavy atom. The van der Waals surface area contributed by atoms with Crippen LogP contribution in [0.25, 0.3) is 0 Å². The maximum absolute atomic E-state index is 9.86. The molecule has 0 aromatic heterocycles. The van der Waals surface area contributed by atoms with E-state index in [-0.39, 0.29) is 12.0 Å². The number of aliphatic hydroxyl groups is 2. The van der Waals surface area contributed by atoms with E-state index in [2.05, 4.69) is 6.92 Å². The molecule has 0 aliphatic carbocycles. The molecule has 0 spiro atoms. The van der Waals surface area contributed by atoms with Crippen LogP contribution in [-0.2, 0) is 0 Å². The Morgan fingerprint density at radius 2 is 1.86 bits per heavy atom. The normalized spacial score (nSPS) is 20.1. The molecule has 14 heavy (non-hydrogen) atoms. The molecule has 2 heteroatoms. The summed E-state index contributed by atoms with van der Waals surface area (Å²) in [6, 6.07) is 0. The summed E-state index contributed by atoms with van der Waals surface area (Å²) in [5.41, 5.74) is -0.618. The minimum Gasteiger partial charge on any atom is -0.393 e. The van der Waals surface area contributed by atoms with Crippen molar-refractivity contribution in [2.24, 2.45) is 5.92 Å². The largest absolute Gasteiger partial charge is 0.393 e. The first kappa shape index (κ1) is 13.9. The molecule has 0 fully saturated rings. The first-order valence-electron chi connectivity index (χ1n) is 5.83. The first-order valence-corrected chi connectivity index (χ1v) is 5.83. The third-order valence-electron chi connectivity index (χ3n) is 3.03. The minimum atomic E-state index is -0.618. The van der Waals surface area contributed by atoms with E-state index in [4.69, 9.17) is 0 Å². The van der Waals surface area contributed by atoms with Crippen molar-refractivity contribution in [1.29, 1.82) is 0 Å². The summed E-state index contributed by atoms with van der Waals surface area (Å²) in [6.07, 6.45) is 4.23. The Morgan fingerprint density at radius 3 is 2.29 bits per heavy atom. The van der Waals surface area contributed by atoms with Gasteiger partial charge in [-0.3, -0.25) is 0 Å². The Kier molecular flexibility index (Phi) is 6.38. The van der Waals surface area contributed by atoms with Crippen LogP contribution in [0.4, 0.5) is 0 Å². The minimum absolute atomic E-state index is 0.191. The summed E-state index contributed by atoms with van der Waals surface area (Å²) < 4.78 is 0. The quantitative estimate of drug-likeness (QED) is 0.666. The second-order valence-electron chi connectivity index (χ2n) is 4.74. The van der Waals surface area contributed by atoms with Gasteiger partial charge in [-0.2, -0.15) is 0 Å². The molecule has 0 radical (unpaired) electrons. The van der Waals surface area contributed by atoms with Crippen molar-refractivity contribution in [2.45, 2.75) is 71.5 Å². The molecule has 0 aliphatic heterocycles. The third-order valence-corrected chi connectivity index (χ3v) is 3.03. The van der Waals surface area contributed by atoms with Crippen LogP contribution in [0, 0.1) is 5.92 Å². The standard InChI is InChI=1S/C12H26O2/c1-5-7-8-11(13)10(3)9-12(4,14)6-2/h10-11,13-14H,5-9H2,1-4H3. The van der Waals surface area contributed by atoms with Gasteiger partial charge in [0, 0.05) is 0 Å². The summed E-state index contributed by atoms with van der Waals surface area (Å²) in [5, 5.41) is 19.7. The van der Waals surface area contributed by atoms with Gasteiger partial charge in [0.05, 0.1) is 11.7 Å². The Labute approximate surface area is 88.3 Å². The van der Waals surface area contributed by atoms with Crippen LogP contribution in [0.2, 0.25) is 0 Å². The van der Waals surface area contributed by atoms with Crippen molar-refractivity contribution in [2.75, 3.05) is 0 Å². The first-order chi connectivity index (χ1) is 6.43. The zero-order valence-electron chi connectivity index (χ0n) is 10.1. The van der Waals surface area contributed by atoms with Gasteiger partial charge >= 0.3 is 0 Å². The predicted molar refractivity (Wildman–Crippen MR) is 60.2 cm³/mol. The van der Waals surface area contributed by atoms with Crippen molar-refractivity contribution < 1.29 is 10.2 Å². The molecule has 0 saturated carbocycles. The molecule has 2 nitrogen and oxygen atoms in total. The lowest BCUT2D eigenvalue weighted by molar-refractivity contribution is 0.000646. The van der Waals surface area contributed by atoms with Crippen molar-refractivity contribution in [3.63, 3.8) is 0 Å². The van der Waals surface area contributed by atoms with Crippen molar-refractivity contribution in [3.8, 4) is 0 Å². The van der Waals surface area contributed by atoms with Crippen LogP contribution in [0.5, 0.6) is 0 Å². The van der Waals surface area contributed by atoms with E-state index in [0.29, 0.717) is 6.42 Å². The topological polar surface area (TPSA) is 40.5 Å². The fourth-order valence-corrected chi connectivity index (χ4v) is 1.67. The van der Waals surface area contributed by atoms with E-state index in [1.165, 1.54) is 0 Å². The van der Waals surface area contributed by atoms with Crippen LogP contribution < -0.4 is 0 Å². The van der Waals surface area contributed by atoms with E-state index in [9.17, 15) is 10.2 Å². The fraction of sp³-hybridized carbons (Fsp3) is 1.00. The monoisotopic (exact) mass is 202 g/mol. The molecule has 0 heterocycles.